The lowest BCUT2D eigenvalue weighted by Gasteiger charge is -2.12. The Kier molecular flexibility index (Phi) is 6.74. The molecule has 1 atom stereocenters. The van der Waals surface area contributed by atoms with Crippen LogP contribution >= 0.6 is 11.8 Å². The zero-order chi connectivity index (χ0) is 17.4. The van der Waals surface area contributed by atoms with Crippen molar-refractivity contribution in [3.63, 3.8) is 0 Å². The largest absolute Gasteiger partial charge is 0.465 e. The second kappa shape index (κ2) is 9.02. The predicted molar refractivity (Wildman–Crippen MR) is 93.0 cm³/mol. The number of nitrogens with one attached hydrogen (secondary N) is 1. The van der Waals surface area contributed by atoms with Gasteiger partial charge in [0.2, 0.25) is 0 Å². The molecule has 1 amide bonds. The SMILES string of the molecule is CCOC(=O)[C@H](CC)Sc1ccc(NC(=O)c2ccccc2)nn1. The number of hydrogen-bond acceptors (Lipinski definition) is 6. The minimum Gasteiger partial charge on any atom is -0.465 e. The van der Waals surface area contributed by atoms with Gasteiger partial charge in [0.25, 0.3) is 5.91 Å². The van der Waals surface area contributed by atoms with Crippen molar-refractivity contribution in [1.29, 1.82) is 0 Å². The number of ether oxygens (including phenoxy) is 1. The van der Waals surface area contributed by atoms with Gasteiger partial charge in [-0.05, 0) is 37.6 Å². The lowest BCUT2D eigenvalue weighted by Crippen LogP contribution is -2.19. The van der Waals surface area contributed by atoms with Gasteiger partial charge in [0, 0.05) is 5.56 Å². The molecule has 7 heteroatoms. The van der Waals surface area contributed by atoms with Crippen LogP contribution in [0.15, 0.2) is 47.5 Å². The monoisotopic (exact) mass is 345 g/mol. The van der Waals surface area contributed by atoms with E-state index in [-0.39, 0.29) is 17.1 Å². The van der Waals surface area contributed by atoms with E-state index in [2.05, 4.69) is 15.5 Å². The molecule has 0 saturated carbocycles. The lowest BCUT2D eigenvalue weighted by molar-refractivity contribution is -0.142. The molecule has 0 aliphatic carbocycles. The van der Waals surface area contributed by atoms with Crippen molar-refractivity contribution in [3.8, 4) is 0 Å². The molecule has 1 aromatic carbocycles. The topological polar surface area (TPSA) is 81.2 Å². The Hall–Kier alpha value is -2.41. The summed E-state index contributed by atoms with van der Waals surface area (Å²) in [7, 11) is 0. The second-order valence-electron chi connectivity index (χ2n) is 4.84. The van der Waals surface area contributed by atoms with Gasteiger partial charge in [0.1, 0.15) is 10.3 Å². The van der Waals surface area contributed by atoms with Crippen LogP contribution in [0.3, 0.4) is 0 Å². The molecule has 2 aromatic rings. The maximum atomic E-state index is 12.0. The number of benzene rings is 1. The third-order valence-corrected chi connectivity index (χ3v) is 4.37. The number of thioether (sulfide) groups is 1. The third kappa shape index (κ3) is 5.06. The van der Waals surface area contributed by atoms with E-state index in [1.54, 1.807) is 43.3 Å². The minimum atomic E-state index is -0.316. The first kappa shape index (κ1) is 17.9. The fourth-order valence-electron chi connectivity index (χ4n) is 1.91. The molecule has 0 saturated heterocycles. The highest BCUT2D eigenvalue weighted by molar-refractivity contribution is 8.00. The van der Waals surface area contributed by atoms with E-state index in [0.717, 1.165) is 0 Å². The summed E-state index contributed by atoms with van der Waals surface area (Å²) in [5.41, 5.74) is 0.547. The minimum absolute atomic E-state index is 0.247. The number of nitrogens with zero attached hydrogens (tertiary/aromatic N) is 2. The van der Waals surface area contributed by atoms with Gasteiger partial charge in [-0.1, -0.05) is 36.9 Å². The molecule has 6 nitrogen and oxygen atoms in total. The molecule has 0 aliphatic heterocycles. The molecule has 0 unspecified atom stereocenters. The van der Waals surface area contributed by atoms with Gasteiger partial charge in [0.15, 0.2) is 5.82 Å². The average Bonchev–Trinajstić information content (AvgIpc) is 2.62. The van der Waals surface area contributed by atoms with Crippen LogP contribution in [0.1, 0.15) is 30.6 Å². The highest BCUT2D eigenvalue weighted by Crippen LogP contribution is 2.24. The summed E-state index contributed by atoms with van der Waals surface area (Å²) in [6.07, 6.45) is 0.637. The zero-order valence-electron chi connectivity index (χ0n) is 13.6. The number of carbonyl (C=O) groups excluding carboxylic acids is 2. The summed E-state index contributed by atoms with van der Waals surface area (Å²) < 4.78 is 5.03. The second-order valence-corrected chi connectivity index (χ2v) is 6.07. The van der Waals surface area contributed by atoms with Crippen LogP contribution in [-0.4, -0.2) is 33.9 Å². The molecule has 1 heterocycles. The fraction of sp³-hybridized carbons (Fsp3) is 0.294. The van der Waals surface area contributed by atoms with E-state index in [9.17, 15) is 9.59 Å². The van der Waals surface area contributed by atoms with Crippen molar-refractivity contribution >= 4 is 29.5 Å². The number of rotatable bonds is 7. The molecule has 1 N–H and O–H groups in total. The normalized spacial score (nSPS) is 11.6. The van der Waals surface area contributed by atoms with Crippen LogP contribution in [0.4, 0.5) is 5.82 Å². The first-order valence-electron chi connectivity index (χ1n) is 7.67. The van der Waals surface area contributed by atoms with Crippen LogP contribution in [0, 0.1) is 0 Å². The van der Waals surface area contributed by atoms with Crippen LogP contribution in [-0.2, 0) is 9.53 Å². The fourth-order valence-corrected chi connectivity index (χ4v) is 2.76. The molecule has 0 spiro atoms. The van der Waals surface area contributed by atoms with Gasteiger partial charge in [-0.15, -0.1) is 10.2 Å². The highest BCUT2D eigenvalue weighted by atomic mass is 32.2. The molecule has 0 aliphatic rings. The third-order valence-electron chi connectivity index (χ3n) is 3.10. The number of anilines is 1. The van der Waals surface area contributed by atoms with Gasteiger partial charge in [-0.3, -0.25) is 9.59 Å². The van der Waals surface area contributed by atoms with Crippen LogP contribution in [0.25, 0.3) is 0 Å². The van der Waals surface area contributed by atoms with Crippen molar-refractivity contribution in [3.05, 3.63) is 48.0 Å². The summed E-state index contributed by atoms with van der Waals surface area (Å²) in [6, 6.07) is 12.3. The maximum absolute atomic E-state index is 12.0. The quantitative estimate of drug-likeness (QED) is 0.613. The van der Waals surface area contributed by atoms with E-state index < -0.39 is 0 Å². The van der Waals surface area contributed by atoms with Crippen LogP contribution in [0.5, 0.6) is 0 Å². The molecule has 1 aromatic heterocycles. The predicted octanol–water partition coefficient (Wildman–Crippen LogP) is 3.16. The first-order valence-corrected chi connectivity index (χ1v) is 8.55. The Morgan fingerprint density at radius 2 is 1.88 bits per heavy atom. The standard InChI is InChI=1S/C17H19N3O3S/c1-3-13(17(22)23-4-2)24-15-11-10-14(19-20-15)18-16(21)12-8-6-5-7-9-12/h5-11,13H,3-4H2,1-2H3,(H,18,19,21)/t13-/m0/s1. The molecule has 0 bridgehead atoms. The van der Waals surface area contributed by atoms with Crippen molar-refractivity contribution < 1.29 is 14.3 Å². The van der Waals surface area contributed by atoms with Crippen molar-refractivity contribution in [2.45, 2.75) is 30.5 Å². The van der Waals surface area contributed by atoms with Crippen LogP contribution < -0.4 is 5.32 Å². The summed E-state index contributed by atoms with van der Waals surface area (Å²) in [5, 5.41) is 11.0. The number of hydrogen-bond donors (Lipinski definition) is 1. The van der Waals surface area contributed by atoms with E-state index in [1.165, 1.54) is 11.8 Å². The summed E-state index contributed by atoms with van der Waals surface area (Å²) in [5.74, 6) is -0.145. The molecule has 0 radical (unpaired) electrons. The van der Waals surface area contributed by atoms with E-state index in [1.807, 2.05) is 13.0 Å². The lowest BCUT2D eigenvalue weighted by atomic mass is 10.2. The average molecular weight is 345 g/mol. The Balaban J connectivity index is 1.97. The smallest absolute Gasteiger partial charge is 0.319 e. The molecular formula is C17H19N3O3S. The van der Waals surface area contributed by atoms with Gasteiger partial charge in [-0.2, -0.15) is 0 Å². The highest BCUT2D eigenvalue weighted by Gasteiger charge is 2.20. The van der Waals surface area contributed by atoms with Gasteiger partial charge in [-0.25, -0.2) is 0 Å². The molecule has 24 heavy (non-hydrogen) atoms. The summed E-state index contributed by atoms with van der Waals surface area (Å²) >= 11 is 1.30. The van der Waals surface area contributed by atoms with Crippen molar-refractivity contribution in [2.24, 2.45) is 0 Å². The molecule has 2 rings (SSSR count). The zero-order valence-corrected chi connectivity index (χ0v) is 14.4. The Morgan fingerprint density at radius 3 is 2.46 bits per heavy atom. The number of amides is 1. The number of esters is 1. The maximum Gasteiger partial charge on any atom is 0.319 e. The van der Waals surface area contributed by atoms with Gasteiger partial charge in [0.05, 0.1) is 6.61 Å². The first-order chi connectivity index (χ1) is 11.6. The van der Waals surface area contributed by atoms with E-state index >= 15 is 0 Å². The van der Waals surface area contributed by atoms with Gasteiger partial charge < -0.3 is 10.1 Å². The Labute approximate surface area is 145 Å². The Bertz CT molecular complexity index is 677. The molecule has 0 fully saturated rings. The van der Waals surface area contributed by atoms with Crippen molar-refractivity contribution in [2.75, 3.05) is 11.9 Å². The van der Waals surface area contributed by atoms with E-state index in [0.29, 0.717) is 29.4 Å². The summed E-state index contributed by atoms with van der Waals surface area (Å²) in [4.78, 5) is 23.8. The molecular weight excluding hydrogens is 326 g/mol. The number of carbonyl (C=O) groups is 2. The van der Waals surface area contributed by atoms with Gasteiger partial charge >= 0.3 is 5.97 Å². The van der Waals surface area contributed by atoms with Crippen molar-refractivity contribution in [1.82, 2.24) is 10.2 Å². The van der Waals surface area contributed by atoms with E-state index in [4.69, 9.17) is 4.74 Å². The summed E-state index contributed by atoms with van der Waals surface area (Å²) in [6.45, 7) is 4.04. The number of aromatic nitrogens is 2. The Morgan fingerprint density at radius 1 is 1.12 bits per heavy atom. The molecule has 126 valence electrons. The van der Waals surface area contributed by atoms with Crippen LogP contribution in [0.2, 0.25) is 0 Å².